The predicted molar refractivity (Wildman–Crippen MR) is 79.5 cm³/mol. The Balaban J connectivity index is 1.96. The quantitative estimate of drug-likeness (QED) is 0.637. The van der Waals surface area contributed by atoms with Crippen molar-refractivity contribution in [3.8, 4) is 11.5 Å². The van der Waals surface area contributed by atoms with Gasteiger partial charge in [0.05, 0.1) is 6.10 Å². The first-order valence-electron chi connectivity index (χ1n) is 7.97. The van der Waals surface area contributed by atoms with E-state index >= 15 is 0 Å². The number of aliphatic hydroxyl groups is 1. The Kier molecular flexibility index (Phi) is 2.79. The predicted octanol–water partition coefficient (Wildman–Crippen LogP) is 1.76. The van der Waals surface area contributed by atoms with Crippen molar-refractivity contribution in [2.45, 2.75) is 49.7 Å². The Bertz CT molecular complexity index is 588. The highest BCUT2D eigenvalue weighted by atomic mass is 16.3. The van der Waals surface area contributed by atoms with Crippen LogP contribution in [0, 0.1) is 5.92 Å². The molecule has 3 aliphatic rings. The number of hydrogen-bond acceptors (Lipinski definition) is 4. The molecule has 1 saturated heterocycles. The molecule has 0 spiro atoms. The van der Waals surface area contributed by atoms with Gasteiger partial charge < -0.3 is 20.2 Å². The molecule has 1 heterocycles. The molecule has 1 aromatic rings. The molecule has 0 aromatic heterocycles. The zero-order chi connectivity index (χ0) is 14.8. The molecule has 1 aromatic carbocycles. The van der Waals surface area contributed by atoms with Gasteiger partial charge in [0.15, 0.2) is 11.5 Å². The second-order valence-corrected chi connectivity index (χ2v) is 7.11. The van der Waals surface area contributed by atoms with Gasteiger partial charge in [-0.25, -0.2) is 0 Å². The van der Waals surface area contributed by atoms with E-state index in [9.17, 15) is 15.3 Å². The first kappa shape index (κ1) is 13.4. The van der Waals surface area contributed by atoms with E-state index in [1.807, 2.05) is 6.07 Å². The lowest BCUT2D eigenvalue weighted by atomic mass is 9.51. The molecule has 4 nitrogen and oxygen atoms in total. The second kappa shape index (κ2) is 4.37. The van der Waals surface area contributed by atoms with E-state index in [1.165, 1.54) is 0 Å². The first-order valence-corrected chi connectivity index (χ1v) is 7.97. The number of phenolic OH excluding ortho intramolecular Hbond substituents is 2. The maximum Gasteiger partial charge on any atom is 0.161 e. The zero-order valence-electron chi connectivity index (χ0n) is 12.4. The number of rotatable bonds is 0. The van der Waals surface area contributed by atoms with Crippen LogP contribution in [0.4, 0.5) is 0 Å². The Morgan fingerprint density at radius 2 is 2.05 bits per heavy atom. The molecule has 21 heavy (non-hydrogen) atoms. The average Bonchev–Trinajstić information content (AvgIpc) is 2.47. The van der Waals surface area contributed by atoms with Crippen LogP contribution < -0.4 is 0 Å². The second-order valence-electron chi connectivity index (χ2n) is 7.11. The van der Waals surface area contributed by atoms with Crippen LogP contribution in [0.5, 0.6) is 11.5 Å². The van der Waals surface area contributed by atoms with E-state index in [-0.39, 0.29) is 28.9 Å². The summed E-state index contributed by atoms with van der Waals surface area (Å²) >= 11 is 0. The number of benzene rings is 1. The highest BCUT2D eigenvalue weighted by molar-refractivity contribution is 5.56. The number of fused-ring (bicyclic) bond motifs is 1. The summed E-state index contributed by atoms with van der Waals surface area (Å²) < 4.78 is 0. The highest BCUT2D eigenvalue weighted by Gasteiger charge is 2.57. The van der Waals surface area contributed by atoms with Crippen LogP contribution in [-0.4, -0.2) is 46.0 Å². The third-order valence-electron chi connectivity index (χ3n) is 6.24. The number of likely N-dealkylation sites (N-methyl/N-ethyl adjacent to an activating group) is 1. The average molecular weight is 289 g/mol. The number of piperidine rings is 1. The lowest BCUT2D eigenvalue weighted by Gasteiger charge is -2.59. The van der Waals surface area contributed by atoms with Crippen LogP contribution in [0.1, 0.15) is 36.8 Å². The molecule has 1 aliphatic heterocycles. The molecule has 0 unspecified atom stereocenters. The smallest absolute Gasteiger partial charge is 0.161 e. The third-order valence-corrected chi connectivity index (χ3v) is 6.24. The van der Waals surface area contributed by atoms with E-state index in [2.05, 4.69) is 11.9 Å². The van der Waals surface area contributed by atoms with Crippen molar-refractivity contribution in [1.29, 1.82) is 0 Å². The normalized spacial score (nSPS) is 38.7. The summed E-state index contributed by atoms with van der Waals surface area (Å²) in [6, 6.07) is 3.89. The SMILES string of the molecule is CN1CC[C@]23CCC[C@H](O)[C@H]2[C@@H]1Cc1ccc(O)c(O)c13. The summed E-state index contributed by atoms with van der Waals surface area (Å²) in [6.07, 6.45) is 4.34. The molecule has 2 aliphatic carbocycles. The number of phenols is 2. The highest BCUT2D eigenvalue weighted by Crippen LogP contribution is 2.58. The molecule has 4 heteroatoms. The molecule has 0 radical (unpaired) electrons. The molecule has 3 N–H and O–H groups in total. The molecular formula is C17H23NO3. The van der Waals surface area contributed by atoms with Gasteiger partial charge in [-0.3, -0.25) is 0 Å². The number of aliphatic hydroxyl groups excluding tert-OH is 1. The van der Waals surface area contributed by atoms with Crippen molar-refractivity contribution >= 4 is 0 Å². The van der Waals surface area contributed by atoms with Crippen molar-refractivity contribution in [2.24, 2.45) is 5.92 Å². The van der Waals surface area contributed by atoms with Crippen molar-refractivity contribution in [3.63, 3.8) is 0 Å². The Morgan fingerprint density at radius 3 is 2.86 bits per heavy atom. The summed E-state index contributed by atoms with van der Waals surface area (Å²) in [4.78, 5) is 2.37. The summed E-state index contributed by atoms with van der Waals surface area (Å²) in [5, 5.41) is 31.1. The lowest BCUT2D eigenvalue weighted by molar-refractivity contribution is -0.0754. The summed E-state index contributed by atoms with van der Waals surface area (Å²) in [5.41, 5.74) is 1.91. The topological polar surface area (TPSA) is 63.9 Å². The third kappa shape index (κ3) is 1.63. The fraction of sp³-hybridized carbons (Fsp3) is 0.647. The Labute approximate surface area is 125 Å². The Hall–Kier alpha value is -1.26. The standard InChI is InChI=1S/C17H23NO3/c1-18-8-7-17-6-2-3-12(19)15(17)11(18)9-10-4-5-13(20)16(21)14(10)17/h4-5,11-12,15,19-21H,2-3,6-9H2,1H3/t11-,12-,15+,17-/m0/s1. The fourth-order valence-corrected chi connectivity index (χ4v) is 5.35. The molecule has 2 bridgehead atoms. The van der Waals surface area contributed by atoms with E-state index in [0.29, 0.717) is 6.04 Å². The molecule has 2 fully saturated rings. The maximum atomic E-state index is 10.6. The number of hydrogen-bond donors (Lipinski definition) is 3. The fourth-order valence-electron chi connectivity index (χ4n) is 5.35. The number of nitrogens with zero attached hydrogens (tertiary/aromatic N) is 1. The monoisotopic (exact) mass is 289 g/mol. The van der Waals surface area contributed by atoms with Crippen LogP contribution in [0.25, 0.3) is 0 Å². The Morgan fingerprint density at radius 1 is 1.24 bits per heavy atom. The summed E-state index contributed by atoms with van der Waals surface area (Å²) in [7, 11) is 2.14. The van der Waals surface area contributed by atoms with Crippen LogP contribution >= 0.6 is 0 Å². The molecule has 1 saturated carbocycles. The minimum atomic E-state index is -0.304. The number of aromatic hydroxyl groups is 2. The van der Waals surface area contributed by atoms with Crippen LogP contribution in [0.2, 0.25) is 0 Å². The first-order chi connectivity index (χ1) is 10.0. The van der Waals surface area contributed by atoms with Gasteiger partial charge in [-0.05, 0) is 57.3 Å². The largest absolute Gasteiger partial charge is 0.504 e. The van der Waals surface area contributed by atoms with E-state index < -0.39 is 0 Å². The van der Waals surface area contributed by atoms with E-state index in [4.69, 9.17) is 0 Å². The van der Waals surface area contributed by atoms with Gasteiger partial charge in [-0.15, -0.1) is 0 Å². The van der Waals surface area contributed by atoms with Crippen molar-refractivity contribution < 1.29 is 15.3 Å². The van der Waals surface area contributed by atoms with Crippen molar-refractivity contribution in [2.75, 3.05) is 13.6 Å². The van der Waals surface area contributed by atoms with Gasteiger partial charge in [-0.2, -0.15) is 0 Å². The molecule has 114 valence electrons. The van der Waals surface area contributed by atoms with Gasteiger partial charge in [0.1, 0.15) is 0 Å². The lowest BCUT2D eigenvalue weighted by Crippen LogP contribution is -2.63. The zero-order valence-corrected chi connectivity index (χ0v) is 12.4. The van der Waals surface area contributed by atoms with E-state index in [0.717, 1.165) is 49.8 Å². The number of likely N-dealkylation sites (tertiary alicyclic amines) is 1. The van der Waals surface area contributed by atoms with Gasteiger partial charge in [0.2, 0.25) is 0 Å². The van der Waals surface area contributed by atoms with Crippen LogP contribution in [-0.2, 0) is 11.8 Å². The van der Waals surface area contributed by atoms with Gasteiger partial charge in [0, 0.05) is 22.9 Å². The van der Waals surface area contributed by atoms with Crippen LogP contribution in [0.15, 0.2) is 12.1 Å². The minimum Gasteiger partial charge on any atom is -0.504 e. The molecule has 0 amide bonds. The summed E-state index contributed by atoms with van der Waals surface area (Å²) in [5.74, 6) is 0.194. The molecular weight excluding hydrogens is 266 g/mol. The van der Waals surface area contributed by atoms with E-state index in [1.54, 1.807) is 6.07 Å². The van der Waals surface area contributed by atoms with Gasteiger partial charge in [0.25, 0.3) is 0 Å². The van der Waals surface area contributed by atoms with Gasteiger partial charge >= 0.3 is 0 Å². The minimum absolute atomic E-state index is 0.0284. The van der Waals surface area contributed by atoms with Crippen molar-refractivity contribution in [1.82, 2.24) is 4.90 Å². The van der Waals surface area contributed by atoms with Crippen molar-refractivity contribution in [3.05, 3.63) is 23.3 Å². The van der Waals surface area contributed by atoms with Crippen LogP contribution in [0.3, 0.4) is 0 Å². The molecule has 4 rings (SSSR count). The van der Waals surface area contributed by atoms with Gasteiger partial charge in [-0.1, -0.05) is 6.07 Å². The molecule has 4 atom stereocenters. The maximum absolute atomic E-state index is 10.6. The summed E-state index contributed by atoms with van der Waals surface area (Å²) in [6.45, 7) is 0.989.